The fourth-order valence-corrected chi connectivity index (χ4v) is 1.30. The van der Waals surface area contributed by atoms with Crippen LogP contribution in [0.15, 0.2) is 47.6 Å². The van der Waals surface area contributed by atoms with Crippen LogP contribution in [-0.2, 0) is 4.79 Å². The zero-order valence-electron chi connectivity index (χ0n) is 8.22. The van der Waals surface area contributed by atoms with Crippen molar-refractivity contribution in [3.63, 3.8) is 0 Å². The molecule has 0 radical (unpaired) electrons. The Morgan fingerprint density at radius 2 is 1.88 bits per heavy atom. The van der Waals surface area contributed by atoms with E-state index in [1.54, 1.807) is 24.3 Å². The molecule has 0 bridgehead atoms. The van der Waals surface area contributed by atoms with E-state index in [9.17, 15) is 9.18 Å². The number of aliphatic imine (C=N–C) groups is 1. The summed E-state index contributed by atoms with van der Waals surface area (Å²) in [7, 11) is 0. The number of nitrogens with zero attached hydrogens (tertiary/aromatic N) is 2. The molecule has 0 unspecified atom stereocenters. The Balaban J connectivity index is 2.34. The summed E-state index contributed by atoms with van der Waals surface area (Å²) in [4.78, 5) is 17.5. The number of rotatable bonds is 2. The van der Waals surface area contributed by atoms with Gasteiger partial charge >= 0.3 is 0 Å². The van der Waals surface area contributed by atoms with Gasteiger partial charge in [-0.05, 0) is 36.4 Å². The third kappa shape index (κ3) is 2.19. The lowest BCUT2D eigenvalue weighted by Gasteiger charge is -2.00. The van der Waals surface area contributed by atoms with Gasteiger partial charge in [0.1, 0.15) is 5.82 Å². The molecule has 2 rings (SSSR count). The molecule has 0 N–H and O–H groups in total. The van der Waals surface area contributed by atoms with Gasteiger partial charge in [0, 0.05) is 5.56 Å². The van der Waals surface area contributed by atoms with Crippen LogP contribution in [0.4, 0.5) is 10.1 Å². The van der Waals surface area contributed by atoms with E-state index in [-0.39, 0.29) is 5.82 Å². The molecule has 0 saturated carbocycles. The van der Waals surface area contributed by atoms with Crippen molar-refractivity contribution in [3.8, 4) is 11.3 Å². The third-order valence-electron chi connectivity index (χ3n) is 2.06. The lowest BCUT2D eigenvalue weighted by Crippen LogP contribution is -1.82. The van der Waals surface area contributed by atoms with Gasteiger partial charge in [-0.2, -0.15) is 4.99 Å². The van der Waals surface area contributed by atoms with E-state index in [4.69, 9.17) is 0 Å². The molecule has 0 aliphatic rings. The summed E-state index contributed by atoms with van der Waals surface area (Å²) in [6, 6.07) is 9.38. The molecule has 0 fully saturated rings. The zero-order chi connectivity index (χ0) is 11.4. The van der Waals surface area contributed by atoms with Crippen LogP contribution in [0.1, 0.15) is 0 Å². The van der Waals surface area contributed by atoms with Gasteiger partial charge in [0.15, 0.2) is 0 Å². The monoisotopic (exact) mass is 214 g/mol. The van der Waals surface area contributed by atoms with Crippen LogP contribution in [0.3, 0.4) is 0 Å². The van der Waals surface area contributed by atoms with Gasteiger partial charge in [-0.15, -0.1) is 0 Å². The minimum Gasteiger partial charge on any atom is -0.254 e. The Labute approximate surface area is 91.3 Å². The van der Waals surface area contributed by atoms with E-state index < -0.39 is 0 Å². The number of aromatic nitrogens is 1. The standard InChI is InChI=1S/C12H7FN2O/c13-10-3-1-9(2-4-10)12-6-5-11(7-14-12)15-8-16/h1-7H. The molecular weight excluding hydrogens is 207 g/mol. The number of benzene rings is 1. The third-order valence-corrected chi connectivity index (χ3v) is 2.06. The van der Waals surface area contributed by atoms with Gasteiger partial charge in [-0.1, -0.05) is 0 Å². The molecule has 0 aliphatic carbocycles. The highest BCUT2D eigenvalue weighted by atomic mass is 19.1. The molecular formula is C12H7FN2O. The molecule has 0 spiro atoms. The van der Waals surface area contributed by atoms with E-state index in [0.29, 0.717) is 11.4 Å². The Bertz CT molecular complexity index is 528. The van der Waals surface area contributed by atoms with E-state index in [1.165, 1.54) is 24.4 Å². The van der Waals surface area contributed by atoms with Crippen LogP contribution in [0.25, 0.3) is 11.3 Å². The van der Waals surface area contributed by atoms with Crippen molar-refractivity contribution >= 4 is 11.8 Å². The average Bonchev–Trinajstić information content (AvgIpc) is 2.32. The van der Waals surface area contributed by atoms with Crippen molar-refractivity contribution in [2.45, 2.75) is 0 Å². The molecule has 1 heterocycles. The first-order valence-electron chi connectivity index (χ1n) is 4.59. The molecule has 78 valence electrons. The smallest absolute Gasteiger partial charge is 0.240 e. The molecule has 0 amide bonds. The molecule has 0 atom stereocenters. The first-order chi connectivity index (χ1) is 7.79. The zero-order valence-corrected chi connectivity index (χ0v) is 8.22. The maximum atomic E-state index is 12.7. The number of carbonyl (C=O) groups excluding carboxylic acids is 1. The number of hydrogen-bond donors (Lipinski definition) is 0. The maximum absolute atomic E-state index is 12.7. The second-order valence-corrected chi connectivity index (χ2v) is 3.11. The minimum atomic E-state index is -0.286. The molecule has 4 heteroatoms. The summed E-state index contributed by atoms with van der Waals surface area (Å²) in [5.74, 6) is -0.286. The molecule has 1 aromatic heterocycles. The summed E-state index contributed by atoms with van der Waals surface area (Å²) in [6.07, 6.45) is 2.90. The number of halogens is 1. The number of hydrogen-bond acceptors (Lipinski definition) is 3. The van der Waals surface area contributed by atoms with Crippen LogP contribution >= 0.6 is 0 Å². The van der Waals surface area contributed by atoms with E-state index in [0.717, 1.165) is 5.56 Å². The van der Waals surface area contributed by atoms with Gasteiger partial charge in [0.05, 0.1) is 17.6 Å². The fourth-order valence-electron chi connectivity index (χ4n) is 1.30. The predicted molar refractivity (Wildman–Crippen MR) is 57.4 cm³/mol. The molecule has 0 aliphatic heterocycles. The quantitative estimate of drug-likeness (QED) is 0.569. The van der Waals surface area contributed by atoms with E-state index in [1.807, 2.05) is 0 Å². The largest absolute Gasteiger partial charge is 0.254 e. The SMILES string of the molecule is O=C=Nc1ccc(-c2ccc(F)cc2)nc1. The highest BCUT2D eigenvalue weighted by Crippen LogP contribution is 2.19. The molecule has 16 heavy (non-hydrogen) atoms. The maximum Gasteiger partial charge on any atom is 0.240 e. The van der Waals surface area contributed by atoms with Gasteiger partial charge < -0.3 is 0 Å². The van der Waals surface area contributed by atoms with Gasteiger partial charge in [0.25, 0.3) is 0 Å². The van der Waals surface area contributed by atoms with Gasteiger partial charge in [-0.25, -0.2) is 9.18 Å². The Morgan fingerprint density at radius 3 is 2.44 bits per heavy atom. The van der Waals surface area contributed by atoms with Crippen molar-refractivity contribution in [2.75, 3.05) is 0 Å². The van der Waals surface area contributed by atoms with Crippen molar-refractivity contribution < 1.29 is 9.18 Å². The number of isocyanates is 1. The summed E-state index contributed by atoms with van der Waals surface area (Å²) in [6.45, 7) is 0. The van der Waals surface area contributed by atoms with Crippen LogP contribution in [0.5, 0.6) is 0 Å². The Kier molecular flexibility index (Phi) is 2.85. The second-order valence-electron chi connectivity index (χ2n) is 3.11. The van der Waals surface area contributed by atoms with Crippen LogP contribution in [0.2, 0.25) is 0 Å². The summed E-state index contributed by atoms with van der Waals surface area (Å²) < 4.78 is 12.7. The van der Waals surface area contributed by atoms with Crippen LogP contribution in [0, 0.1) is 5.82 Å². The van der Waals surface area contributed by atoms with Crippen LogP contribution < -0.4 is 0 Å². The highest BCUT2D eigenvalue weighted by molar-refractivity contribution is 5.61. The summed E-state index contributed by atoms with van der Waals surface area (Å²) >= 11 is 0. The lowest BCUT2D eigenvalue weighted by atomic mass is 10.1. The first kappa shape index (κ1) is 10.2. The number of pyridine rings is 1. The topological polar surface area (TPSA) is 42.3 Å². The van der Waals surface area contributed by atoms with E-state index in [2.05, 4.69) is 9.98 Å². The van der Waals surface area contributed by atoms with Crippen molar-refractivity contribution in [1.82, 2.24) is 4.98 Å². The fraction of sp³-hybridized carbons (Fsp3) is 0. The molecule has 2 aromatic rings. The van der Waals surface area contributed by atoms with Crippen molar-refractivity contribution in [1.29, 1.82) is 0 Å². The average molecular weight is 214 g/mol. The normalized spacial score (nSPS) is 9.56. The Hall–Kier alpha value is -2.32. The Morgan fingerprint density at radius 1 is 1.12 bits per heavy atom. The molecule has 3 nitrogen and oxygen atoms in total. The first-order valence-corrected chi connectivity index (χ1v) is 4.59. The van der Waals surface area contributed by atoms with Crippen LogP contribution in [-0.4, -0.2) is 11.1 Å². The second kappa shape index (κ2) is 4.47. The van der Waals surface area contributed by atoms with Crippen molar-refractivity contribution in [3.05, 3.63) is 48.4 Å². The molecule has 0 saturated heterocycles. The minimum absolute atomic E-state index is 0.286. The van der Waals surface area contributed by atoms with Crippen molar-refractivity contribution in [2.24, 2.45) is 4.99 Å². The van der Waals surface area contributed by atoms with Gasteiger partial charge in [0.2, 0.25) is 6.08 Å². The lowest BCUT2D eigenvalue weighted by molar-refractivity contribution is 0.565. The van der Waals surface area contributed by atoms with Gasteiger partial charge in [-0.3, -0.25) is 4.98 Å². The summed E-state index contributed by atoms with van der Waals surface area (Å²) in [5, 5.41) is 0. The molecule has 1 aromatic carbocycles. The predicted octanol–water partition coefficient (Wildman–Crippen LogP) is 2.86. The van der Waals surface area contributed by atoms with E-state index >= 15 is 0 Å². The highest BCUT2D eigenvalue weighted by Gasteiger charge is 1.99. The summed E-state index contributed by atoms with van der Waals surface area (Å²) in [5.41, 5.74) is 1.95.